The molecule has 3 rings (SSSR count). The van der Waals surface area contributed by atoms with Gasteiger partial charge in [-0.2, -0.15) is 0 Å². The fraction of sp³-hybridized carbons (Fsp3) is 0.304. The number of aromatic hydroxyl groups is 1. The molecule has 164 valence electrons. The molecule has 1 atom stereocenters. The summed E-state index contributed by atoms with van der Waals surface area (Å²) in [6.45, 7) is 1.10. The summed E-state index contributed by atoms with van der Waals surface area (Å²) in [7, 11) is 5.33. The number of ketones is 1. The molecule has 8 heteroatoms. The topological polar surface area (TPSA) is 90.3 Å². The number of aliphatic hydroxyl groups excluding tert-OH is 1. The Morgan fingerprint density at radius 3 is 2.55 bits per heavy atom. The minimum atomic E-state index is -0.775. The molecule has 2 N–H and O–H groups in total. The van der Waals surface area contributed by atoms with Crippen LogP contribution < -0.4 is 4.74 Å². The minimum absolute atomic E-state index is 0.0478. The molecule has 0 radical (unpaired) electrons. The van der Waals surface area contributed by atoms with E-state index in [1.165, 1.54) is 24.1 Å². The highest BCUT2D eigenvalue weighted by molar-refractivity contribution is 9.10. The molecular formula is C23H25BrN2O5. The summed E-state index contributed by atoms with van der Waals surface area (Å²) in [4.78, 5) is 29.4. The van der Waals surface area contributed by atoms with E-state index in [1.807, 2.05) is 37.2 Å². The van der Waals surface area contributed by atoms with Crippen LogP contribution in [0.25, 0.3) is 5.76 Å². The van der Waals surface area contributed by atoms with Gasteiger partial charge in [0.1, 0.15) is 17.3 Å². The van der Waals surface area contributed by atoms with Gasteiger partial charge in [0.2, 0.25) is 0 Å². The summed E-state index contributed by atoms with van der Waals surface area (Å²) in [5, 5.41) is 21.4. The van der Waals surface area contributed by atoms with Crippen LogP contribution in [0.2, 0.25) is 0 Å². The molecule has 0 spiro atoms. The number of hydrogen-bond acceptors (Lipinski definition) is 6. The van der Waals surface area contributed by atoms with Gasteiger partial charge in [-0.1, -0.05) is 28.1 Å². The van der Waals surface area contributed by atoms with Gasteiger partial charge in [0.15, 0.2) is 0 Å². The van der Waals surface area contributed by atoms with E-state index < -0.39 is 23.5 Å². The molecule has 1 saturated heterocycles. The van der Waals surface area contributed by atoms with Crippen molar-refractivity contribution in [2.75, 3.05) is 34.3 Å². The summed E-state index contributed by atoms with van der Waals surface area (Å²) in [5.41, 5.74) is 0.702. The van der Waals surface area contributed by atoms with Crippen LogP contribution in [0.5, 0.6) is 11.5 Å². The molecule has 1 fully saturated rings. The number of hydrogen-bond donors (Lipinski definition) is 2. The van der Waals surface area contributed by atoms with Gasteiger partial charge >= 0.3 is 0 Å². The highest BCUT2D eigenvalue weighted by atomic mass is 79.9. The first-order chi connectivity index (χ1) is 14.7. The van der Waals surface area contributed by atoms with E-state index in [1.54, 1.807) is 12.1 Å². The Labute approximate surface area is 189 Å². The third kappa shape index (κ3) is 4.75. The number of aliphatic hydroxyl groups is 1. The number of rotatable bonds is 7. The number of carbonyl (C=O) groups is 2. The van der Waals surface area contributed by atoms with E-state index in [9.17, 15) is 19.8 Å². The van der Waals surface area contributed by atoms with Crippen LogP contribution >= 0.6 is 15.9 Å². The number of carbonyl (C=O) groups excluding carboxylic acids is 2. The average Bonchev–Trinajstić information content (AvgIpc) is 2.98. The Kier molecular flexibility index (Phi) is 7.02. The van der Waals surface area contributed by atoms with Crippen molar-refractivity contribution in [3.05, 3.63) is 63.6 Å². The highest BCUT2D eigenvalue weighted by Gasteiger charge is 2.46. The lowest BCUT2D eigenvalue weighted by atomic mass is 9.95. The van der Waals surface area contributed by atoms with Gasteiger partial charge < -0.3 is 24.7 Å². The van der Waals surface area contributed by atoms with Crippen molar-refractivity contribution in [3.63, 3.8) is 0 Å². The van der Waals surface area contributed by atoms with E-state index in [0.29, 0.717) is 24.3 Å². The molecule has 2 aromatic carbocycles. The van der Waals surface area contributed by atoms with E-state index in [4.69, 9.17) is 4.74 Å². The van der Waals surface area contributed by atoms with Gasteiger partial charge in [0.05, 0.1) is 24.3 Å². The Balaban J connectivity index is 2.12. The first-order valence-electron chi connectivity index (χ1n) is 9.80. The zero-order valence-electron chi connectivity index (χ0n) is 17.6. The Bertz CT molecular complexity index is 1030. The summed E-state index contributed by atoms with van der Waals surface area (Å²) in [5.74, 6) is -1.70. The van der Waals surface area contributed by atoms with Crippen molar-refractivity contribution < 1.29 is 24.5 Å². The molecule has 1 unspecified atom stereocenters. The fourth-order valence-corrected chi connectivity index (χ4v) is 4.09. The molecule has 2 aromatic rings. The monoisotopic (exact) mass is 488 g/mol. The largest absolute Gasteiger partial charge is 0.507 e. The molecule has 1 aliphatic rings. The molecule has 7 nitrogen and oxygen atoms in total. The zero-order chi connectivity index (χ0) is 22.7. The Morgan fingerprint density at radius 1 is 1.19 bits per heavy atom. The zero-order valence-corrected chi connectivity index (χ0v) is 19.2. The predicted molar refractivity (Wildman–Crippen MR) is 121 cm³/mol. The maximum atomic E-state index is 13.0. The number of phenolic OH excluding ortho intramolecular Hbond substituents is 1. The lowest BCUT2D eigenvalue weighted by Gasteiger charge is -2.26. The van der Waals surface area contributed by atoms with Crippen LogP contribution in [-0.2, 0) is 9.59 Å². The summed E-state index contributed by atoms with van der Waals surface area (Å²) >= 11 is 3.43. The molecule has 1 amide bonds. The van der Waals surface area contributed by atoms with E-state index in [0.717, 1.165) is 11.0 Å². The lowest BCUT2D eigenvalue weighted by molar-refractivity contribution is -0.139. The number of halogens is 1. The lowest BCUT2D eigenvalue weighted by Crippen LogP contribution is -2.32. The van der Waals surface area contributed by atoms with Crippen molar-refractivity contribution in [1.29, 1.82) is 0 Å². The van der Waals surface area contributed by atoms with Crippen LogP contribution in [0.3, 0.4) is 0 Å². The normalized spacial score (nSPS) is 18.1. The van der Waals surface area contributed by atoms with Gasteiger partial charge in [0, 0.05) is 17.1 Å². The highest BCUT2D eigenvalue weighted by Crippen LogP contribution is 2.41. The van der Waals surface area contributed by atoms with E-state index in [2.05, 4.69) is 15.9 Å². The van der Waals surface area contributed by atoms with Gasteiger partial charge in [-0.25, -0.2) is 0 Å². The van der Waals surface area contributed by atoms with Crippen LogP contribution in [-0.4, -0.2) is 66.0 Å². The third-order valence-electron chi connectivity index (χ3n) is 5.17. The molecular weight excluding hydrogens is 464 g/mol. The summed E-state index contributed by atoms with van der Waals surface area (Å²) in [6.07, 6.45) is 0.665. The SMILES string of the molecule is COc1ccc(/C(O)=C2\C(=O)C(=O)N(CCCN(C)C)C2c2cccc(Br)c2)c(O)c1. The fourth-order valence-electron chi connectivity index (χ4n) is 3.67. The Morgan fingerprint density at radius 2 is 1.94 bits per heavy atom. The van der Waals surface area contributed by atoms with Crippen LogP contribution in [0.15, 0.2) is 52.5 Å². The van der Waals surface area contributed by atoms with Gasteiger partial charge in [0.25, 0.3) is 11.7 Å². The van der Waals surface area contributed by atoms with Crippen LogP contribution in [0, 0.1) is 0 Å². The number of benzene rings is 2. The molecule has 0 aliphatic carbocycles. The molecule has 31 heavy (non-hydrogen) atoms. The van der Waals surface area contributed by atoms with Crippen molar-refractivity contribution >= 4 is 33.4 Å². The molecule has 0 aromatic heterocycles. The number of phenols is 1. The molecule has 1 heterocycles. The second-order valence-corrected chi connectivity index (χ2v) is 8.50. The van der Waals surface area contributed by atoms with Gasteiger partial charge in [-0.05, 0) is 56.9 Å². The van der Waals surface area contributed by atoms with Gasteiger partial charge in [-0.15, -0.1) is 0 Å². The van der Waals surface area contributed by atoms with Crippen molar-refractivity contribution in [2.24, 2.45) is 0 Å². The minimum Gasteiger partial charge on any atom is -0.507 e. The van der Waals surface area contributed by atoms with Crippen LogP contribution in [0.4, 0.5) is 0 Å². The number of ether oxygens (including phenoxy) is 1. The molecule has 1 aliphatic heterocycles. The summed E-state index contributed by atoms with van der Waals surface area (Å²) in [6, 6.07) is 10.9. The number of methoxy groups -OCH3 is 1. The second-order valence-electron chi connectivity index (χ2n) is 7.59. The maximum Gasteiger partial charge on any atom is 0.295 e. The Hall–Kier alpha value is -2.84. The third-order valence-corrected chi connectivity index (χ3v) is 5.66. The predicted octanol–water partition coefficient (Wildman–Crippen LogP) is 3.54. The van der Waals surface area contributed by atoms with E-state index >= 15 is 0 Å². The number of amides is 1. The quantitative estimate of drug-likeness (QED) is 0.352. The van der Waals surface area contributed by atoms with Crippen LogP contribution in [0.1, 0.15) is 23.6 Å². The maximum absolute atomic E-state index is 13.0. The smallest absolute Gasteiger partial charge is 0.295 e. The standard InChI is InChI=1S/C23H25BrN2O5/c1-25(2)10-5-11-26-20(14-6-4-7-15(24)12-14)19(22(29)23(26)30)21(28)17-9-8-16(31-3)13-18(17)27/h4,6-9,12-13,20,27-28H,5,10-11H2,1-3H3/b21-19+. The van der Waals surface area contributed by atoms with Crippen molar-refractivity contribution in [2.45, 2.75) is 12.5 Å². The average molecular weight is 489 g/mol. The summed E-state index contributed by atoms with van der Waals surface area (Å²) < 4.78 is 5.87. The van der Waals surface area contributed by atoms with Gasteiger partial charge in [-0.3, -0.25) is 9.59 Å². The molecule has 0 bridgehead atoms. The molecule has 0 saturated carbocycles. The first-order valence-corrected chi connectivity index (χ1v) is 10.6. The van der Waals surface area contributed by atoms with E-state index in [-0.39, 0.29) is 16.9 Å². The number of Topliss-reactive ketones (excluding diaryl/α,β-unsaturated/α-hetero) is 1. The number of nitrogens with zero attached hydrogens (tertiary/aromatic N) is 2. The van der Waals surface area contributed by atoms with Crippen molar-refractivity contribution in [3.8, 4) is 11.5 Å². The second kappa shape index (κ2) is 9.53. The first kappa shape index (κ1) is 22.8. The number of likely N-dealkylation sites (tertiary alicyclic amines) is 1. The van der Waals surface area contributed by atoms with Crippen molar-refractivity contribution in [1.82, 2.24) is 9.80 Å².